The molecule has 0 saturated carbocycles. The normalized spacial score (nSPS) is 24.3. The minimum Gasteiger partial charge on any atom is -0.273 e. The van der Waals surface area contributed by atoms with Crippen molar-refractivity contribution in [2.75, 3.05) is 0 Å². The van der Waals surface area contributed by atoms with E-state index in [0.717, 1.165) is 5.71 Å². The minimum atomic E-state index is -0.550. The summed E-state index contributed by atoms with van der Waals surface area (Å²) in [7, 11) is 0. The first-order valence-corrected chi connectivity index (χ1v) is 5.65. The third-order valence-corrected chi connectivity index (χ3v) is 2.81. The van der Waals surface area contributed by atoms with Crippen molar-refractivity contribution < 1.29 is 4.79 Å². The number of rotatable bonds is 3. The molecular weight excluding hydrogens is 235 g/mol. The molecular formula is C10H14Cl2N2O. The van der Waals surface area contributed by atoms with Gasteiger partial charge in [-0.05, 0) is 20.3 Å². The van der Waals surface area contributed by atoms with Gasteiger partial charge in [-0.15, -0.1) is 23.2 Å². The molecule has 84 valence electrons. The maximum atomic E-state index is 11.7. The van der Waals surface area contributed by atoms with E-state index in [1.165, 1.54) is 0 Å². The third kappa shape index (κ3) is 3.50. The molecule has 0 saturated heterocycles. The fourth-order valence-electron chi connectivity index (χ4n) is 1.46. The number of nitrogens with one attached hydrogen (secondary N) is 1. The number of hydrogen-bond donors (Lipinski definition) is 1. The van der Waals surface area contributed by atoms with Crippen LogP contribution in [0.3, 0.4) is 0 Å². The lowest BCUT2D eigenvalue weighted by Crippen LogP contribution is -2.32. The van der Waals surface area contributed by atoms with Crippen molar-refractivity contribution in [2.24, 2.45) is 16.9 Å². The summed E-state index contributed by atoms with van der Waals surface area (Å²) in [5.41, 5.74) is 3.31. The Hall–Kier alpha value is -0.540. The van der Waals surface area contributed by atoms with Crippen LogP contribution in [0.5, 0.6) is 0 Å². The molecule has 1 rings (SSSR count). The molecule has 5 heteroatoms. The number of hydrogen-bond acceptors (Lipinski definition) is 2. The van der Waals surface area contributed by atoms with Gasteiger partial charge in [0.15, 0.2) is 0 Å². The Bertz CT molecular complexity index is 296. The first-order chi connectivity index (χ1) is 7.02. The van der Waals surface area contributed by atoms with E-state index in [0.29, 0.717) is 6.42 Å². The molecule has 3 nitrogen and oxygen atoms in total. The van der Waals surface area contributed by atoms with E-state index in [-0.39, 0.29) is 17.7 Å². The lowest BCUT2D eigenvalue weighted by molar-refractivity contribution is -0.125. The predicted octanol–water partition coefficient (Wildman–Crippen LogP) is 2.49. The van der Waals surface area contributed by atoms with Gasteiger partial charge in [0, 0.05) is 11.6 Å². The fraction of sp³-hybridized carbons (Fsp3) is 0.600. The molecule has 0 fully saturated rings. The number of halogens is 2. The molecule has 15 heavy (non-hydrogen) atoms. The highest BCUT2D eigenvalue weighted by Gasteiger charge is 2.33. The lowest BCUT2D eigenvalue weighted by atomic mass is 9.96. The first kappa shape index (κ1) is 12.5. The van der Waals surface area contributed by atoms with Gasteiger partial charge in [-0.25, -0.2) is 5.43 Å². The van der Waals surface area contributed by atoms with Gasteiger partial charge in [0.1, 0.15) is 4.84 Å². The van der Waals surface area contributed by atoms with Crippen LogP contribution >= 0.6 is 23.2 Å². The van der Waals surface area contributed by atoms with Gasteiger partial charge in [-0.3, -0.25) is 4.79 Å². The smallest absolute Gasteiger partial charge is 0.244 e. The zero-order chi connectivity index (χ0) is 11.4. The van der Waals surface area contributed by atoms with Gasteiger partial charge in [0.05, 0.1) is 5.92 Å². The Labute approximate surface area is 99.5 Å². The highest BCUT2D eigenvalue weighted by Crippen LogP contribution is 2.32. The maximum Gasteiger partial charge on any atom is 0.244 e. The van der Waals surface area contributed by atoms with Crippen LogP contribution in [-0.2, 0) is 4.79 Å². The molecule has 1 amide bonds. The molecule has 0 aromatic heterocycles. The zero-order valence-electron chi connectivity index (χ0n) is 8.71. The fourth-order valence-corrected chi connectivity index (χ4v) is 1.98. The third-order valence-electron chi connectivity index (χ3n) is 2.23. The Morgan fingerprint density at radius 1 is 1.53 bits per heavy atom. The van der Waals surface area contributed by atoms with Crippen molar-refractivity contribution in [2.45, 2.75) is 25.1 Å². The number of carbonyl (C=O) groups is 1. The number of carbonyl (C=O) groups excluding carboxylic acids is 1. The lowest BCUT2D eigenvalue weighted by Gasteiger charge is -2.18. The van der Waals surface area contributed by atoms with Crippen LogP contribution in [0, 0.1) is 11.8 Å². The highest BCUT2D eigenvalue weighted by molar-refractivity contribution is 6.44. The van der Waals surface area contributed by atoms with E-state index in [1.807, 2.05) is 26.0 Å². The van der Waals surface area contributed by atoms with E-state index in [2.05, 4.69) is 10.5 Å². The first-order valence-electron chi connectivity index (χ1n) is 4.78. The van der Waals surface area contributed by atoms with E-state index in [1.54, 1.807) is 0 Å². The number of allylic oxidation sites excluding steroid dienone is 2. The van der Waals surface area contributed by atoms with E-state index in [4.69, 9.17) is 23.2 Å². The van der Waals surface area contributed by atoms with Crippen LogP contribution < -0.4 is 5.43 Å². The molecule has 0 radical (unpaired) electrons. The number of amides is 1. The van der Waals surface area contributed by atoms with Crippen molar-refractivity contribution in [1.82, 2.24) is 5.43 Å². The summed E-state index contributed by atoms with van der Waals surface area (Å²) in [5, 5.41) is 3.87. The second kappa shape index (κ2) is 5.52. The zero-order valence-corrected chi connectivity index (χ0v) is 10.2. The van der Waals surface area contributed by atoms with Crippen molar-refractivity contribution in [3.8, 4) is 0 Å². The van der Waals surface area contributed by atoms with Crippen molar-refractivity contribution in [3.05, 3.63) is 12.2 Å². The largest absolute Gasteiger partial charge is 0.273 e. The van der Waals surface area contributed by atoms with Crippen LogP contribution in [0.15, 0.2) is 17.3 Å². The Balaban J connectivity index is 2.57. The average molecular weight is 249 g/mol. The predicted molar refractivity (Wildman–Crippen MR) is 63.2 cm³/mol. The Morgan fingerprint density at radius 2 is 2.20 bits per heavy atom. The molecule has 1 N–H and O–H groups in total. The van der Waals surface area contributed by atoms with Crippen LogP contribution in [0.25, 0.3) is 0 Å². The van der Waals surface area contributed by atoms with Crippen molar-refractivity contribution >= 4 is 34.8 Å². The van der Waals surface area contributed by atoms with E-state index >= 15 is 0 Å². The second-order valence-electron chi connectivity index (χ2n) is 3.72. The summed E-state index contributed by atoms with van der Waals surface area (Å²) >= 11 is 11.6. The summed E-state index contributed by atoms with van der Waals surface area (Å²) in [6.45, 7) is 3.63. The summed E-state index contributed by atoms with van der Waals surface area (Å²) in [6.07, 6.45) is 4.48. The van der Waals surface area contributed by atoms with Gasteiger partial charge in [0.2, 0.25) is 5.91 Å². The number of hydrazone groups is 1. The van der Waals surface area contributed by atoms with Gasteiger partial charge in [-0.1, -0.05) is 12.2 Å². The van der Waals surface area contributed by atoms with Gasteiger partial charge in [-0.2, -0.15) is 5.10 Å². The molecule has 0 aliphatic heterocycles. The Morgan fingerprint density at radius 3 is 2.73 bits per heavy atom. The standard InChI is InChI=1S/C10H14Cl2N2O/c1-6(2)13-14-10(15)8-5-3-4-7(8)9(11)12/h3-4,7-9H,5H2,1-2H3,(H,14,15)/t7-,8-/m1/s1. The Kier molecular flexibility index (Phi) is 4.61. The number of nitrogens with zero attached hydrogens (tertiary/aromatic N) is 1. The highest BCUT2D eigenvalue weighted by atomic mass is 35.5. The number of alkyl halides is 2. The average Bonchev–Trinajstić information content (AvgIpc) is 2.62. The molecule has 1 aliphatic rings. The quantitative estimate of drug-likeness (QED) is 0.355. The van der Waals surface area contributed by atoms with Crippen molar-refractivity contribution in [3.63, 3.8) is 0 Å². The van der Waals surface area contributed by atoms with Crippen LogP contribution in [0.2, 0.25) is 0 Å². The molecule has 0 aromatic rings. The molecule has 0 bridgehead atoms. The van der Waals surface area contributed by atoms with Gasteiger partial charge in [0.25, 0.3) is 0 Å². The van der Waals surface area contributed by atoms with E-state index < -0.39 is 4.84 Å². The SMILES string of the molecule is CC(C)=NNC(=O)[C@@H]1CC=C[C@H]1C(Cl)Cl. The van der Waals surface area contributed by atoms with Crippen molar-refractivity contribution in [1.29, 1.82) is 0 Å². The summed E-state index contributed by atoms with van der Waals surface area (Å²) in [4.78, 5) is 11.1. The minimum absolute atomic E-state index is 0.110. The summed E-state index contributed by atoms with van der Waals surface area (Å²) in [5.74, 6) is -0.439. The van der Waals surface area contributed by atoms with Crippen LogP contribution in [0.1, 0.15) is 20.3 Å². The molecule has 0 heterocycles. The molecule has 2 atom stereocenters. The molecule has 0 spiro atoms. The van der Waals surface area contributed by atoms with Crippen LogP contribution in [-0.4, -0.2) is 16.5 Å². The topological polar surface area (TPSA) is 41.5 Å². The monoisotopic (exact) mass is 248 g/mol. The molecule has 0 aromatic carbocycles. The van der Waals surface area contributed by atoms with Gasteiger partial charge < -0.3 is 0 Å². The second-order valence-corrected chi connectivity index (χ2v) is 4.88. The van der Waals surface area contributed by atoms with E-state index in [9.17, 15) is 4.79 Å². The maximum absolute atomic E-state index is 11.7. The summed E-state index contributed by atoms with van der Waals surface area (Å²) in [6, 6.07) is 0. The molecule has 0 unspecified atom stereocenters. The van der Waals surface area contributed by atoms with Gasteiger partial charge >= 0.3 is 0 Å². The molecule has 1 aliphatic carbocycles. The summed E-state index contributed by atoms with van der Waals surface area (Å²) < 4.78 is 0. The van der Waals surface area contributed by atoms with Crippen LogP contribution in [0.4, 0.5) is 0 Å².